The fourth-order valence-corrected chi connectivity index (χ4v) is 3.73. The van der Waals surface area contributed by atoms with Gasteiger partial charge in [0.05, 0.1) is 17.4 Å². The molecule has 118 valence electrons. The van der Waals surface area contributed by atoms with Gasteiger partial charge < -0.3 is 5.73 Å². The van der Waals surface area contributed by atoms with Gasteiger partial charge in [-0.1, -0.05) is 29.8 Å². The molecule has 0 fully saturated rings. The number of rotatable bonds is 3. The average Bonchev–Trinajstić information content (AvgIpc) is 3.07. The monoisotopic (exact) mass is 352 g/mol. The molecule has 0 saturated carbocycles. The highest BCUT2D eigenvalue weighted by molar-refractivity contribution is 7.17. The van der Waals surface area contributed by atoms with Crippen molar-refractivity contribution in [3.8, 4) is 11.1 Å². The minimum absolute atomic E-state index is 0.405. The molecule has 4 aromatic rings. The Balaban J connectivity index is 1.90. The first-order chi connectivity index (χ1) is 11.7. The number of fused-ring (bicyclic) bond motifs is 1. The van der Waals surface area contributed by atoms with E-state index in [1.165, 1.54) is 0 Å². The largest absolute Gasteiger partial charge is 0.318 e. The summed E-state index contributed by atoms with van der Waals surface area (Å²) in [5.74, 6) is 0. The summed E-state index contributed by atoms with van der Waals surface area (Å²) in [5, 5.41) is 3.76. The van der Waals surface area contributed by atoms with Crippen LogP contribution < -0.4 is 5.73 Å². The molecule has 1 aromatic carbocycles. The summed E-state index contributed by atoms with van der Waals surface area (Å²) in [4.78, 5) is 14.1. The van der Waals surface area contributed by atoms with E-state index in [4.69, 9.17) is 17.3 Å². The quantitative estimate of drug-likeness (QED) is 0.591. The second-order valence-electron chi connectivity index (χ2n) is 5.33. The summed E-state index contributed by atoms with van der Waals surface area (Å²) in [6, 6.07) is 13.0. The second kappa shape index (κ2) is 6.28. The van der Waals surface area contributed by atoms with E-state index >= 15 is 0 Å². The van der Waals surface area contributed by atoms with Crippen molar-refractivity contribution in [3.63, 3.8) is 0 Å². The lowest BCUT2D eigenvalue weighted by Gasteiger charge is -2.12. The molecule has 4 rings (SSSR count). The van der Waals surface area contributed by atoms with Gasteiger partial charge in [-0.05, 0) is 29.8 Å². The predicted octanol–water partition coefficient (Wildman–Crippen LogP) is 4.45. The Labute approximate surface area is 148 Å². The van der Waals surface area contributed by atoms with Gasteiger partial charge in [0.15, 0.2) is 0 Å². The number of pyridine rings is 1. The highest BCUT2D eigenvalue weighted by atomic mass is 35.5. The molecule has 0 amide bonds. The van der Waals surface area contributed by atoms with Crippen molar-refractivity contribution in [2.45, 2.75) is 6.04 Å². The molecule has 0 bridgehead atoms. The van der Waals surface area contributed by atoms with Crippen LogP contribution in [-0.4, -0.2) is 15.0 Å². The highest BCUT2D eigenvalue weighted by Crippen LogP contribution is 2.37. The Morgan fingerprint density at radius 3 is 2.58 bits per heavy atom. The molecule has 4 nitrogen and oxygen atoms in total. The number of hydrogen-bond donors (Lipinski definition) is 1. The second-order valence-corrected chi connectivity index (χ2v) is 6.62. The van der Waals surface area contributed by atoms with E-state index < -0.39 is 6.04 Å². The van der Waals surface area contributed by atoms with Crippen LogP contribution >= 0.6 is 22.9 Å². The van der Waals surface area contributed by atoms with Crippen LogP contribution in [0.15, 0.2) is 60.4 Å². The van der Waals surface area contributed by atoms with Gasteiger partial charge in [0.1, 0.15) is 11.2 Å². The normalized spacial score (nSPS) is 12.4. The standard InChI is InChI=1S/C18H13ClN4S/c19-12-6-4-11(5-7-12)13-9-24-18-15(13)17(22-10-23-18)16(20)14-3-1-2-8-21-14/h1-10,16H,20H2. The van der Waals surface area contributed by atoms with E-state index in [1.54, 1.807) is 23.9 Å². The van der Waals surface area contributed by atoms with Gasteiger partial charge in [-0.2, -0.15) is 0 Å². The Morgan fingerprint density at radius 2 is 1.83 bits per heavy atom. The summed E-state index contributed by atoms with van der Waals surface area (Å²) in [6.45, 7) is 0. The number of nitrogens with two attached hydrogens (primary N) is 1. The number of benzene rings is 1. The minimum atomic E-state index is -0.405. The van der Waals surface area contributed by atoms with Gasteiger partial charge in [0, 0.05) is 27.5 Å². The molecule has 6 heteroatoms. The van der Waals surface area contributed by atoms with E-state index in [-0.39, 0.29) is 0 Å². The third kappa shape index (κ3) is 2.67. The summed E-state index contributed by atoms with van der Waals surface area (Å²) < 4.78 is 0. The van der Waals surface area contributed by atoms with E-state index in [0.29, 0.717) is 5.02 Å². The number of halogens is 1. The van der Waals surface area contributed by atoms with Crippen molar-refractivity contribution < 1.29 is 0 Å². The van der Waals surface area contributed by atoms with E-state index in [9.17, 15) is 0 Å². The first-order valence-corrected chi connectivity index (χ1v) is 8.64. The van der Waals surface area contributed by atoms with Crippen LogP contribution in [0.1, 0.15) is 17.4 Å². The molecular weight excluding hydrogens is 340 g/mol. The van der Waals surface area contributed by atoms with Crippen molar-refractivity contribution in [1.29, 1.82) is 0 Å². The molecule has 0 aliphatic rings. The van der Waals surface area contributed by atoms with Crippen LogP contribution in [0.2, 0.25) is 5.02 Å². The fraction of sp³-hybridized carbons (Fsp3) is 0.0556. The van der Waals surface area contributed by atoms with Gasteiger partial charge in [-0.3, -0.25) is 4.98 Å². The van der Waals surface area contributed by atoms with Crippen LogP contribution in [0.4, 0.5) is 0 Å². The average molecular weight is 353 g/mol. The van der Waals surface area contributed by atoms with Crippen molar-refractivity contribution in [3.05, 3.63) is 76.8 Å². The zero-order valence-electron chi connectivity index (χ0n) is 12.6. The zero-order valence-corrected chi connectivity index (χ0v) is 14.1. The maximum atomic E-state index is 6.44. The third-order valence-electron chi connectivity index (χ3n) is 3.86. The van der Waals surface area contributed by atoms with Crippen molar-refractivity contribution in [1.82, 2.24) is 15.0 Å². The van der Waals surface area contributed by atoms with Crippen molar-refractivity contribution in [2.24, 2.45) is 5.73 Å². The molecule has 0 aliphatic heterocycles. The van der Waals surface area contributed by atoms with E-state index in [0.717, 1.165) is 32.7 Å². The topological polar surface area (TPSA) is 64.7 Å². The molecule has 0 aliphatic carbocycles. The molecule has 24 heavy (non-hydrogen) atoms. The first-order valence-electron chi connectivity index (χ1n) is 7.38. The van der Waals surface area contributed by atoms with Gasteiger partial charge in [0.25, 0.3) is 0 Å². The molecule has 0 spiro atoms. The highest BCUT2D eigenvalue weighted by Gasteiger charge is 2.19. The molecule has 1 atom stereocenters. The summed E-state index contributed by atoms with van der Waals surface area (Å²) in [7, 11) is 0. The van der Waals surface area contributed by atoms with Crippen LogP contribution in [0.25, 0.3) is 21.3 Å². The molecule has 1 unspecified atom stereocenters. The molecular formula is C18H13ClN4S. The molecule has 0 radical (unpaired) electrons. The molecule has 3 heterocycles. The van der Waals surface area contributed by atoms with Gasteiger partial charge in [-0.15, -0.1) is 11.3 Å². The number of aromatic nitrogens is 3. The SMILES string of the molecule is NC(c1ccccn1)c1ncnc2scc(-c3ccc(Cl)cc3)c12. The number of thiophene rings is 1. The summed E-state index contributed by atoms with van der Waals surface area (Å²) in [5.41, 5.74) is 10.1. The lowest BCUT2D eigenvalue weighted by Crippen LogP contribution is -2.15. The third-order valence-corrected chi connectivity index (χ3v) is 4.99. The fourth-order valence-electron chi connectivity index (χ4n) is 2.68. The smallest absolute Gasteiger partial charge is 0.127 e. The van der Waals surface area contributed by atoms with E-state index in [2.05, 4.69) is 20.3 Å². The van der Waals surface area contributed by atoms with Crippen molar-refractivity contribution >= 4 is 33.2 Å². The maximum Gasteiger partial charge on any atom is 0.127 e. The number of nitrogens with zero attached hydrogens (tertiary/aromatic N) is 3. The van der Waals surface area contributed by atoms with Gasteiger partial charge in [-0.25, -0.2) is 9.97 Å². The Morgan fingerprint density at radius 1 is 1.00 bits per heavy atom. The molecule has 0 saturated heterocycles. The Bertz CT molecular complexity index is 983. The number of hydrogen-bond acceptors (Lipinski definition) is 5. The lowest BCUT2D eigenvalue weighted by atomic mass is 10.0. The van der Waals surface area contributed by atoms with Gasteiger partial charge >= 0.3 is 0 Å². The maximum absolute atomic E-state index is 6.44. The van der Waals surface area contributed by atoms with Crippen LogP contribution in [0, 0.1) is 0 Å². The first kappa shape index (κ1) is 15.2. The summed E-state index contributed by atoms with van der Waals surface area (Å²) >= 11 is 7.58. The Kier molecular flexibility index (Phi) is 3.98. The molecule has 2 N–H and O–H groups in total. The van der Waals surface area contributed by atoms with Crippen LogP contribution in [0.5, 0.6) is 0 Å². The summed E-state index contributed by atoms with van der Waals surface area (Å²) in [6.07, 6.45) is 3.30. The predicted molar refractivity (Wildman–Crippen MR) is 98.1 cm³/mol. The van der Waals surface area contributed by atoms with Crippen LogP contribution in [0.3, 0.4) is 0 Å². The molecule has 3 aromatic heterocycles. The Hall–Kier alpha value is -2.34. The minimum Gasteiger partial charge on any atom is -0.318 e. The van der Waals surface area contributed by atoms with Crippen molar-refractivity contribution in [2.75, 3.05) is 0 Å². The zero-order chi connectivity index (χ0) is 16.5. The van der Waals surface area contributed by atoms with Gasteiger partial charge in [0.2, 0.25) is 0 Å². The van der Waals surface area contributed by atoms with E-state index in [1.807, 2.05) is 42.5 Å². The lowest BCUT2D eigenvalue weighted by molar-refractivity contribution is 0.800. The van der Waals surface area contributed by atoms with Crippen LogP contribution in [-0.2, 0) is 0 Å².